The molecule has 0 saturated heterocycles. The van der Waals surface area contributed by atoms with Gasteiger partial charge in [0.15, 0.2) is 0 Å². The lowest BCUT2D eigenvalue weighted by Crippen LogP contribution is -2.51. The number of hydrogen-bond acceptors (Lipinski definition) is 7. The van der Waals surface area contributed by atoms with Crippen LogP contribution in [-0.4, -0.2) is 25.9 Å². The minimum Gasteiger partial charge on any atom is -0.317 e. The van der Waals surface area contributed by atoms with E-state index in [2.05, 4.69) is 37.3 Å². The Hall–Kier alpha value is -3.20. The fraction of sp³-hybridized carbons (Fsp3) is 0. The summed E-state index contributed by atoms with van der Waals surface area (Å²) in [6.45, 7) is 0. The number of anilines is 2. The Morgan fingerprint density at radius 1 is 1.15 bits per heavy atom. The third-order valence-corrected chi connectivity index (χ3v) is 1.07. The van der Waals surface area contributed by atoms with Crippen LogP contribution in [0, 0.1) is 10.1 Å². The number of aromatic nitrogens is 3. The molecule has 1 aromatic rings. The van der Waals surface area contributed by atoms with Crippen LogP contribution in [0.4, 0.5) is 35.8 Å². The summed E-state index contributed by atoms with van der Waals surface area (Å²) in [5, 5.41) is 9.69. The molecule has 1 aromatic heterocycles. The van der Waals surface area contributed by atoms with E-state index in [1.165, 1.54) is 0 Å². The van der Waals surface area contributed by atoms with E-state index in [-0.39, 0.29) is 5.96 Å². The van der Waals surface area contributed by atoms with Gasteiger partial charge < -0.3 is 9.97 Å². The van der Waals surface area contributed by atoms with Crippen molar-refractivity contribution in [1.29, 1.82) is 0 Å². The van der Waals surface area contributed by atoms with Crippen molar-refractivity contribution in [2.45, 2.75) is 0 Å². The summed E-state index contributed by atoms with van der Waals surface area (Å²) < 4.78 is 47.7. The highest BCUT2D eigenvalue weighted by molar-refractivity contribution is 5.68. The van der Waals surface area contributed by atoms with E-state index < -0.39 is 33.6 Å². The highest BCUT2D eigenvalue weighted by Crippen LogP contribution is 2.21. The van der Waals surface area contributed by atoms with Gasteiger partial charge in [-0.1, -0.05) is 23.4 Å². The minimum atomic E-state index is -1.71. The first kappa shape index (κ1) is 16.8. The van der Waals surface area contributed by atoms with E-state index in [0.29, 0.717) is 0 Å². The van der Waals surface area contributed by atoms with Crippen molar-refractivity contribution in [1.82, 2.24) is 15.0 Å². The second-order valence-electron chi connectivity index (χ2n) is 2.54. The van der Waals surface area contributed by atoms with E-state index >= 15 is 0 Å². The molecule has 1 heterocycles. The van der Waals surface area contributed by atoms with E-state index in [1.807, 2.05) is 0 Å². The standard InChI is InChI=1S/C3F4N7O2.CH5N3/c4-12(5)2-8-1(11-14(15)16)9-3(10-2)13(6)7;2-1(3)4/h;(H5,2,3,4)/q-1;/p+1. The predicted molar refractivity (Wildman–Crippen MR) is 54.5 cm³/mol. The van der Waals surface area contributed by atoms with Gasteiger partial charge in [-0.3, -0.25) is 16.9 Å². The first-order valence-electron chi connectivity index (χ1n) is 4.12. The monoisotopic (exact) mass is 302 g/mol. The molecule has 0 atom stereocenters. The second-order valence-corrected chi connectivity index (χ2v) is 2.54. The lowest BCUT2D eigenvalue weighted by molar-refractivity contribution is -0.419. The Labute approximate surface area is 106 Å². The van der Waals surface area contributed by atoms with E-state index in [4.69, 9.17) is 0 Å². The van der Waals surface area contributed by atoms with Crippen molar-refractivity contribution < 1.29 is 28.4 Å². The number of hydrogen-bond donors (Lipinski definition) is 3. The molecule has 0 spiro atoms. The van der Waals surface area contributed by atoms with Gasteiger partial charge in [0.25, 0.3) is 0 Å². The van der Waals surface area contributed by atoms with Crippen molar-refractivity contribution >= 4 is 23.8 Å². The van der Waals surface area contributed by atoms with Crippen molar-refractivity contribution in [3.8, 4) is 0 Å². The van der Waals surface area contributed by atoms with Crippen LogP contribution in [0.15, 0.2) is 0 Å². The van der Waals surface area contributed by atoms with Crippen LogP contribution in [0.3, 0.4) is 0 Å². The maximum atomic E-state index is 11.9. The minimum absolute atomic E-state index is 0.0833. The van der Waals surface area contributed by atoms with E-state index in [0.717, 1.165) is 0 Å². The molecule has 0 unspecified atom stereocenters. The van der Waals surface area contributed by atoms with Crippen LogP contribution in [0.1, 0.15) is 0 Å². The van der Waals surface area contributed by atoms with Gasteiger partial charge in [0.1, 0.15) is 11.0 Å². The molecule has 20 heavy (non-hydrogen) atoms. The van der Waals surface area contributed by atoms with Crippen LogP contribution in [0.25, 0.3) is 5.43 Å². The Kier molecular flexibility index (Phi) is 6.12. The zero-order valence-electron chi connectivity index (χ0n) is 9.19. The maximum absolute atomic E-state index is 11.9. The van der Waals surface area contributed by atoms with E-state index in [1.54, 1.807) is 0 Å². The highest BCUT2D eigenvalue weighted by atomic mass is 19.4. The Bertz CT molecular complexity index is 452. The number of nitrogens with zero attached hydrogens (tertiary/aromatic N) is 7. The van der Waals surface area contributed by atoms with Crippen LogP contribution in [0.2, 0.25) is 0 Å². The van der Waals surface area contributed by atoms with Crippen LogP contribution in [0.5, 0.6) is 0 Å². The fourth-order valence-corrected chi connectivity index (χ4v) is 0.612. The first-order valence-corrected chi connectivity index (χ1v) is 4.12. The van der Waals surface area contributed by atoms with Crippen molar-refractivity contribution in [3.05, 3.63) is 15.5 Å². The molecule has 1 rings (SSSR count). The van der Waals surface area contributed by atoms with Crippen LogP contribution >= 0.6 is 0 Å². The summed E-state index contributed by atoms with van der Waals surface area (Å²) in [5.74, 6) is -4.25. The molecule has 0 radical (unpaired) electrons. The quantitative estimate of drug-likeness (QED) is 0.145. The van der Waals surface area contributed by atoms with E-state index in [9.17, 15) is 28.0 Å². The molecule has 0 fully saturated rings. The molecule has 0 saturated carbocycles. The lowest BCUT2D eigenvalue weighted by Gasteiger charge is -2.11. The summed E-state index contributed by atoms with van der Waals surface area (Å²) >= 11 is 0. The van der Waals surface area contributed by atoms with Gasteiger partial charge in [-0.05, 0) is 10.7 Å². The molecule has 0 aliphatic rings. The van der Waals surface area contributed by atoms with Gasteiger partial charge in [-0.25, -0.2) is 10.1 Å². The Morgan fingerprint density at radius 3 is 1.75 bits per heavy atom. The lowest BCUT2D eigenvalue weighted by atomic mass is 10.8. The maximum Gasteiger partial charge on any atom is 0.336 e. The van der Waals surface area contributed by atoms with Gasteiger partial charge in [-0.15, -0.1) is 0 Å². The largest absolute Gasteiger partial charge is 0.336 e. The number of halogens is 4. The number of rotatable bonds is 4. The average molecular weight is 302 g/mol. The van der Waals surface area contributed by atoms with Crippen molar-refractivity contribution in [2.75, 3.05) is 10.7 Å². The molecule has 112 valence electrons. The van der Waals surface area contributed by atoms with Gasteiger partial charge in [0.2, 0.25) is 11.9 Å². The molecule has 0 aliphatic heterocycles. The zero-order valence-corrected chi connectivity index (χ0v) is 9.19. The molecule has 16 heteroatoms. The molecule has 12 nitrogen and oxygen atoms in total. The zero-order chi connectivity index (χ0) is 15.9. The molecule has 6 N–H and O–H groups in total. The molecule has 0 amide bonds. The predicted octanol–water partition coefficient (Wildman–Crippen LogP) is -1.76. The second kappa shape index (κ2) is 7.28. The topological polar surface area (TPSA) is 180 Å². The van der Waals surface area contributed by atoms with Gasteiger partial charge >= 0.3 is 5.96 Å². The number of nitro groups is 1. The van der Waals surface area contributed by atoms with Crippen molar-refractivity contribution in [2.24, 2.45) is 11.5 Å². The molecular weight excluding hydrogens is 296 g/mol. The Balaban J connectivity index is 0.000000796. The third-order valence-electron chi connectivity index (χ3n) is 1.07. The first-order chi connectivity index (χ1) is 9.13. The van der Waals surface area contributed by atoms with Gasteiger partial charge in [-0.2, -0.15) is 4.98 Å². The fourth-order valence-electron chi connectivity index (χ4n) is 0.612. The summed E-state index contributed by atoms with van der Waals surface area (Å²) in [5.41, 5.74) is 11.6. The molecule has 0 bridgehead atoms. The van der Waals surface area contributed by atoms with Gasteiger partial charge in [0, 0.05) is 0 Å². The SMILES string of the molecule is NC(N)=[NH2+].O=[N+]([O-])[N-]c1nc(N(F)F)nc(N(F)F)n1. The van der Waals surface area contributed by atoms with Gasteiger partial charge in [0.05, 0.1) is 0 Å². The average Bonchev–Trinajstić information content (AvgIpc) is 2.26. The van der Waals surface area contributed by atoms with Crippen LogP contribution in [-0.2, 0) is 0 Å². The third kappa shape index (κ3) is 6.51. The van der Waals surface area contributed by atoms with Crippen LogP contribution < -0.4 is 27.6 Å². The summed E-state index contributed by atoms with van der Waals surface area (Å²) in [6.07, 6.45) is 0. The number of guanidine groups is 1. The molecule has 0 aromatic carbocycles. The summed E-state index contributed by atoms with van der Waals surface area (Å²) in [6, 6.07) is 0. The molecular formula is C4H6F4N10O2. The number of nitrogens with two attached hydrogens (primary N) is 3. The summed E-state index contributed by atoms with van der Waals surface area (Å²) in [4.78, 5) is 17.9. The normalized spacial score (nSPS) is 9.00. The summed E-state index contributed by atoms with van der Waals surface area (Å²) in [7, 11) is 0. The smallest absolute Gasteiger partial charge is 0.317 e. The highest BCUT2D eigenvalue weighted by Gasteiger charge is 2.12. The van der Waals surface area contributed by atoms with Crippen molar-refractivity contribution in [3.63, 3.8) is 0 Å². The molecule has 0 aliphatic carbocycles. The Morgan fingerprint density at radius 2 is 1.50 bits per heavy atom.